The van der Waals surface area contributed by atoms with Crippen molar-refractivity contribution in [1.82, 2.24) is 10.2 Å². The predicted molar refractivity (Wildman–Crippen MR) is 114 cm³/mol. The highest BCUT2D eigenvalue weighted by molar-refractivity contribution is 6.39. The van der Waals surface area contributed by atoms with Crippen molar-refractivity contribution < 1.29 is 18.9 Å². The predicted octanol–water partition coefficient (Wildman–Crippen LogP) is 2.00. The number of nitro groups is 1. The Balaban J connectivity index is 1.33. The first kappa shape index (κ1) is 22.2. The van der Waals surface area contributed by atoms with Crippen LogP contribution < -0.4 is 15.5 Å². The van der Waals surface area contributed by atoms with Gasteiger partial charge in [-0.3, -0.25) is 24.6 Å². The fourth-order valence-corrected chi connectivity index (χ4v) is 3.36. The van der Waals surface area contributed by atoms with Gasteiger partial charge in [0.1, 0.15) is 5.82 Å². The Morgan fingerprint density at radius 2 is 1.68 bits per heavy atom. The molecule has 0 atom stereocenters. The molecule has 0 aromatic heterocycles. The highest BCUT2D eigenvalue weighted by atomic mass is 19.1. The van der Waals surface area contributed by atoms with Gasteiger partial charge in [-0.25, -0.2) is 4.39 Å². The van der Waals surface area contributed by atoms with Gasteiger partial charge in [0.05, 0.1) is 10.6 Å². The first-order valence-corrected chi connectivity index (χ1v) is 9.99. The number of para-hydroxylation sites is 1. The average Bonchev–Trinajstić information content (AvgIpc) is 2.77. The van der Waals surface area contributed by atoms with Crippen molar-refractivity contribution in [3.8, 4) is 0 Å². The molecule has 2 aromatic rings. The summed E-state index contributed by atoms with van der Waals surface area (Å²) in [5.41, 5.74) is 0.823. The molecule has 0 spiro atoms. The van der Waals surface area contributed by atoms with E-state index >= 15 is 0 Å². The van der Waals surface area contributed by atoms with E-state index in [0.29, 0.717) is 24.3 Å². The lowest BCUT2D eigenvalue weighted by molar-refractivity contribution is -0.384. The topological polar surface area (TPSA) is 108 Å². The number of anilines is 2. The Kier molecular flexibility index (Phi) is 7.50. The van der Waals surface area contributed by atoms with Gasteiger partial charge >= 0.3 is 11.8 Å². The molecule has 1 heterocycles. The summed E-state index contributed by atoms with van der Waals surface area (Å²) in [6.45, 7) is 4.15. The van der Waals surface area contributed by atoms with Crippen molar-refractivity contribution in [3.63, 3.8) is 0 Å². The van der Waals surface area contributed by atoms with E-state index in [1.165, 1.54) is 30.3 Å². The van der Waals surface area contributed by atoms with Gasteiger partial charge < -0.3 is 15.5 Å². The number of nitro benzene ring substituents is 1. The molecule has 2 N–H and O–H groups in total. The summed E-state index contributed by atoms with van der Waals surface area (Å²) in [5, 5.41) is 15.6. The SMILES string of the molecule is O=C(NCCCN1CCN(c2ccccc2F)CC1)C(=O)Nc1ccc([N+](=O)[O-])cc1. The lowest BCUT2D eigenvalue weighted by Gasteiger charge is -2.36. The van der Waals surface area contributed by atoms with Crippen LogP contribution in [0.15, 0.2) is 48.5 Å². The molecule has 1 fully saturated rings. The van der Waals surface area contributed by atoms with E-state index in [4.69, 9.17) is 0 Å². The highest BCUT2D eigenvalue weighted by Crippen LogP contribution is 2.20. The Morgan fingerprint density at radius 1 is 1.00 bits per heavy atom. The number of carbonyl (C=O) groups excluding carboxylic acids is 2. The van der Waals surface area contributed by atoms with Gasteiger partial charge in [-0.2, -0.15) is 0 Å². The standard InChI is InChI=1S/C21H24FN5O4/c22-18-4-1-2-5-19(18)26-14-12-25(13-15-26)11-3-10-23-20(28)21(29)24-16-6-8-17(9-7-16)27(30)31/h1-2,4-9H,3,10-15H2,(H,23,28)(H,24,29). The number of amides is 2. The number of non-ortho nitro benzene ring substituents is 1. The van der Waals surface area contributed by atoms with Crippen LogP contribution in [-0.4, -0.2) is 60.9 Å². The number of rotatable bonds is 7. The number of benzene rings is 2. The second-order valence-corrected chi connectivity index (χ2v) is 7.15. The Bertz CT molecular complexity index is 930. The van der Waals surface area contributed by atoms with Gasteiger partial charge in [-0.1, -0.05) is 12.1 Å². The van der Waals surface area contributed by atoms with Gasteiger partial charge in [0.25, 0.3) is 5.69 Å². The van der Waals surface area contributed by atoms with Crippen LogP contribution in [-0.2, 0) is 9.59 Å². The fraction of sp³-hybridized carbons (Fsp3) is 0.333. The number of hydrogen-bond donors (Lipinski definition) is 2. The minimum absolute atomic E-state index is 0.0998. The number of piperazine rings is 1. The molecule has 1 aliphatic rings. The van der Waals surface area contributed by atoms with Gasteiger partial charge in [-0.15, -0.1) is 0 Å². The number of nitrogens with zero attached hydrogens (tertiary/aromatic N) is 3. The van der Waals surface area contributed by atoms with E-state index in [-0.39, 0.29) is 11.5 Å². The fourth-order valence-electron chi connectivity index (χ4n) is 3.36. The quantitative estimate of drug-likeness (QED) is 0.302. The van der Waals surface area contributed by atoms with E-state index in [1.807, 2.05) is 11.0 Å². The normalized spacial score (nSPS) is 14.2. The van der Waals surface area contributed by atoms with Crippen LogP contribution in [0.25, 0.3) is 0 Å². The van der Waals surface area contributed by atoms with Crippen molar-refractivity contribution in [2.45, 2.75) is 6.42 Å². The first-order valence-electron chi connectivity index (χ1n) is 9.99. The average molecular weight is 429 g/mol. The van der Waals surface area contributed by atoms with Crippen LogP contribution in [0.2, 0.25) is 0 Å². The molecule has 3 rings (SSSR count). The van der Waals surface area contributed by atoms with Crippen molar-refractivity contribution in [2.24, 2.45) is 0 Å². The second kappa shape index (κ2) is 10.5. The van der Waals surface area contributed by atoms with Gasteiger partial charge in [0, 0.05) is 50.5 Å². The van der Waals surface area contributed by atoms with Crippen molar-refractivity contribution in [3.05, 3.63) is 64.5 Å². The molecule has 9 nitrogen and oxygen atoms in total. The third-order valence-electron chi connectivity index (χ3n) is 5.04. The number of nitrogens with one attached hydrogen (secondary N) is 2. The molecule has 31 heavy (non-hydrogen) atoms. The zero-order chi connectivity index (χ0) is 22.2. The summed E-state index contributed by atoms with van der Waals surface area (Å²) in [7, 11) is 0. The van der Waals surface area contributed by atoms with Gasteiger partial charge in [0.2, 0.25) is 0 Å². The zero-order valence-corrected chi connectivity index (χ0v) is 16.9. The number of hydrogen-bond acceptors (Lipinski definition) is 6. The van der Waals surface area contributed by atoms with Crippen LogP contribution in [0.3, 0.4) is 0 Å². The molecule has 0 unspecified atom stereocenters. The Morgan fingerprint density at radius 3 is 2.32 bits per heavy atom. The summed E-state index contributed by atoms with van der Waals surface area (Å²) < 4.78 is 13.9. The maximum atomic E-state index is 13.9. The molecule has 0 bridgehead atoms. The lowest BCUT2D eigenvalue weighted by Crippen LogP contribution is -2.47. The molecule has 2 amide bonds. The van der Waals surface area contributed by atoms with Crippen LogP contribution >= 0.6 is 0 Å². The Labute approximate surface area is 179 Å². The van der Waals surface area contributed by atoms with E-state index in [1.54, 1.807) is 12.1 Å². The summed E-state index contributed by atoms with van der Waals surface area (Å²) >= 11 is 0. The van der Waals surface area contributed by atoms with Crippen molar-refractivity contribution >= 4 is 28.9 Å². The summed E-state index contributed by atoms with van der Waals surface area (Å²) in [6.07, 6.45) is 0.677. The molecule has 10 heteroatoms. The van der Waals surface area contributed by atoms with E-state index < -0.39 is 16.7 Å². The van der Waals surface area contributed by atoms with Crippen molar-refractivity contribution in [1.29, 1.82) is 0 Å². The third-order valence-corrected chi connectivity index (χ3v) is 5.04. The molecule has 1 saturated heterocycles. The second-order valence-electron chi connectivity index (χ2n) is 7.15. The summed E-state index contributed by atoms with van der Waals surface area (Å²) in [4.78, 5) is 38.2. The summed E-state index contributed by atoms with van der Waals surface area (Å²) in [6, 6.07) is 12.0. The third kappa shape index (κ3) is 6.22. The first-order chi connectivity index (χ1) is 14.9. The monoisotopic (exact) mass is 429 g/mol. The highest BCUT2D eigenvalue weighted by Gasteiger charge is 2.19. The van der Waals surface area contributed by atoms with E-state index in [9.17, 15) is 24.1 Å². The maximum Gasteiger partial charge on any atom is 0.313 e. The molecule has 0 aliphatic carbocycles. The number of halogens is 1. The van der Waals surface area contributed by atoms with Crippen LogP contribution in [0.1, 0.15) is 6.42 Å². The smallest absolute Gasteiger partial charge is 0.313 e. The van der Waals surface area contributed by atoms with Gasteiger partial charge in [0.15, 0.2) is 0 Å². The summed E-state index contributed by atoms with van der Waals surface area (Å²) in [5.74, 6) is -1.80. The van der Waals surface area contributed by atoms with Crippen LogP contribution in [0.4, 0.5) is 21.5 Å². The van der Waals surface area contributed by atoms with Crippen molar-refractivity contribution in [2.75, 3.05) is 49.5 Å². The zero-order valence-electron chi connectivity index (χ0n) is 16.9. The van der Waals surface area contributed by atoms with E-state index in [2.05, 4.69) is 15.5 Å². The molecular weight excluding hydrogens is 405 g/mol. The molecule has 0 radical (unpaired) electrons. The Hall–Kier alpha value is -3.53. The molecule has 164 valence electrons. The van der Waals surface area contributed by atoms with E-state index in [0.717, 1.165) is 32.7 Å². The molecule has 1 aliphatic heterocycles. The lowest BCUT2D eigenvalue weighted by atomic mass is 10.2. The molecular formula is C21H24FN5O4. The van der Waals surface area contributed by atoms with Gasteiger partial charge in [-0.05, 0) is 37.2 Å². The van der Waals surface area contributed by atoms with Crippen LogP contribution in [0.5, 0.6) is 0 Å². The minimum Gasteiger partial charge on any atom is -0.367 e. The maximum absolute atomic E-state index is 13.9. The number of carbonyl (C=O) groups is 2. The molecule has 0 saturated carbocycles. The minimum atomic E-state index is -0.827. The molecule has 2 aromatic carbocycles. The largest absolute Gasteiger partial charge is 0.367 e. The van der Waals surface area contributed by atoms with Crippen LogP contribution in [0, 0.1) is 15.9 Å².